The number of piperidine rings is 1. The zero-order valence-corrected chi connectivity index (χ0v) is 14.0. The zero-order valence-electron chi connectivity index (χ0n) is 14.0. The Morgan fingerprint density at radius 2 is 1.96 bits per heavy atom. The van der Waals surface area contributed by atoms with E-state index in [0.717, 1.165) is 0 Å². The summed E-state index contributed by atoms with van der Waals surface area (Å²) >= 11 is 0. The number of likely N-dealkylation sites (tertiary alicyclic amines) is 1. The summed E-state index contributed by atoms with van der Waals surface area (Å²) in [5.74, 6) is 0.296. The molecule has 25 heavy (non-hydrogen) atoms. The number of rotatable bonds is 4. The molecule has 130 valence electrons. The largest absolute Gasteiger partial charge is 0.496 e. The Morgan fingerprint density at radius 1 is 1.20 bits per heavy atom. The minimum atomic E-state index is -0.234. The van der Waals surface area contributed by atoms with Gasteiger partial charge in [0.1, 0.15) is 11.4 Å². The number of benzene rings is 1. The molecule has 0 atom stereocenters. The van der Waals surface area contributed by atoms with Crippen molar-refractivity contribution in [2.75, 3.05) is 20.2 Å². The van der Waals surface area contributed by atoms with Gasteiger partial charge in [-0.3, -0.25) is 14.6 Å². The Morgan fingerprint density at radius 3 is 2.64 bits per heavy atom. The third-order valence-electron chi connectivity index (χ3n) is 4.25. The Bertz CT molecular complexity index is 743. The number of hydrogen-bond acceptors (Lipinski definition) is 5. The summed E-state index contributed by atoms with van der Waals surface area (Å²) < 4.78 is 5.26. The highest BCUT2D eigenvalue weighted by Gasteiger charge is 2.26. The van der Waals surface area contributed by atoms with Crippen LogP contribution in [0.3, 0.4) is 0 Å². The van der Waals surface area contributed by atoms with Gasteiger partial charge in [-0.25, -0.2) is 4.98 Å². The van der Waals surface area contributed by atoms with Gasteiger partial charge >= 0.3 is 0 Å². The number of carbonyl (C=O) groups excluding carboxylic acids is 2. The van der Waals surface area contributed by atoms with Crippen LogP contribution in [0.4, 0.5) is 0 Å². The molecule has 0 aliphatic carbocycles. The molecule has 2 amide bonds. The Hall–Kier alpha value is -2.96. The van der Waals surface area contributed by atoms with Gasteiger partial charge in [0, 0.05) is 31.5 Å². The number of para-hydroxylation sites is 1. The van der Waals surface area contributed by atoms with Crippen LogP contribution in [0.2, 0.25) is 0 Å². The fourth-order valence-electron chi connectivity index (χ4n) is 2.89. The third-order valence-corrected chi connectivity index (χ3v) is 4.25. The number of carbonyl (C=O) groups is 2. The first kappa shape index (κ1) is 16.9. The van der Waals surface area contributed by atoms with E-state index in [0.29, 0.717) is 42.9 Å². The molecule has 1 aromatic heterocycles. The van der Waals surface area contributed by atoms with Gasteiger partial charge in [-0.1, -0.05) is 12.1 Å². The summed E-state index contributed by atoms with van der Waals surface area (Å²) in [4.78, 5) is 34.5. The fourth-order valence-corrected chi connectivity index (χ4v) is 2.89. The van der Waals surface area contributed by atoms with E-state index in [9.17, 15) is 9.59 Å². The molecule has 7 nitrogen and oxygen atoms in total. The van der Waals surface area contributed by atoms with Crippen molar-refractivity contribution in [3.8, 4) is 5.75 Å². The first-order valence-corrected chi connectivity index (χ1v) is 8.18. The molecule has 0 bridgehead atoms. The molecule has 2 heterocycles. The van der Waals surface area contributed by atoms with Gasteiger partial charge in [0.05, 0.1) is 18.9 Å². The Balaban J connectivity index is 1.57. The van der Waals surface area contributed by atoms with Crippen molar-refractivity contribution in [3.05, 3.63) is 54.1 Å². The van der Waals surface area contributed by atoms with Gasteiger partial charge in [0.25, 0.3) is 11.8 Å². The molecular weight excluding hydrogens is 320 g/mol. The first-order valence-electron chi connectivity index (χ1n) is 8.18. The number of nitrogens with one attached hydrogen (secondary N) is 1. The molecule has 2 aromatic rings. The van der Waals surface area contributed by atoms with Crippen LogP contribution >= 0.6 is 0 Å². The van der Waals surface area contributed by atoms with Crippen molar-refractivity contribution in [2.24, 2.45) is 0 Å². The number of amides is 2. The molecular formula is C18H20N4O3. The van der Waals surface area contributed by atoms with Crippen LogP contribution in [0.1, 0.15) is 33.7 Å². The molecule has 1 N–H and O–H groups in total. The van der Waals surface area contributed by atoms with Crippen molar-refractivity contribution in [1.29, 1.82) is 0 Å². The number of aromatic nitrogens is 2. The van der Waals surface area contributed by atoms with Crippen LogP contribution in [0.5, 0.6) is 5.75 Å². The standard InChI is InChI=1S/C18H20N4O3/c1-25-16-5-3-2-4-14(16)18(24)22-10-6-13(7-11-22)21-17(23)15-12-19-8-9-20-15/h2-5,8-9,12-13H,6-7,10-11H2,1H3,(H,21,23). The second-order valence-corrected chi connectivity index (χ2v) is 5.83. The maximum Gasteiger partial charge on any atom is 0.271 e. The van der Waals surface area contributed by atoms with E-state index >= 15 is 0 Å². The molecule has 0 saturated carbocycles. The van der Waals surface area contributed by atoms with Gasteiger partial charge in [-0.05, 0) is 25.0 Å². The van der Waals surface area contributed by atoms with Gasteiger partial charge in [-0.15, -0.1) is 0 Å². The molecule has 1 aromatic carbocycles. The lowest BCUT2D eigenvalue weighted by Gasteiger charge is -2.32. The first-order chi connectivity index (χ1) is 12.2. The average Bonchev–Trinajstić information content (AvgIpc) is 2.68. The Labute approximate surface area is 146 Å². The van der Waals surface area contributed by atoms with Crippen molar-refractivity contribution in [3.63, 3.8) is 0 Å². The smallest absolute Gasteiger partial charge is 0.271 e. The van der Waals surface area contributed by atoms with Crippen LogP contribution in [0.25, 0.3) is 0 Å². The lowest BCUT2D eigenvalue weighted by Crippen LogP contribution is -2.46. The molecule has 1 fully saturated rings. The number of hydrogen-bond donors (Lipinski definition) is 1. The monoisotopic (exact) mass is 340 g/mol. The van der Waals surface area contributed by atoms with Crippen molar-refractivity contribution < 1.29 is 14.3 Å². The molecule has 0 unspecified atom stereocenters. The minimum absolute atomic E-state index is 0.0243. The van der Waals surface area contributed by atoms with Gasteiger partial charge in [0.2, 0.25) is 0 Å². The SMILES string of the molecule is COc1ccccc1C(=O)N1CCC(NC(=O)c2cnccn2)CC1. The van der Waals surface area contributed by atoms with Crippen LogP contribution in [0, 0.1) is 0 Å². The minimum Gasteiger partial charge on any atom is -0.496 e. The highest BCUT2D eigenvalue weighted by Crippen LogP contribution is 2.21. The third kappa shape index (κ3) is 3.93. The van der Waals surface area contributed by atoms with Crippen molar-refractivity contribution >= 4 is 11.8 Å². The maximum absolute atomic E-state index is 12.7. The summed E-state index contributed by atoms with van der Waals surface area (Å²) in [6.45, 7) is 1.17. The Kier molecular flexibility index (Phi) is 5.23. The molecule has 3 rings (SSSR count). The lowest BCUT2D eigenvalue weighted by atomic mass is 10.0. The maximum atomic E-state index is 12.7. The van der Waals surface area contributed by atoms with Crippen LogP contribution < -0.4 is 10.1 Å². The quantitative estimate of drug-likeness (QED) is 0.912. The zero-order chi connectivity index (χ0) is 17.6. The van der Waals surface area contributed by atoms with E-state index in [-0.39, 0.29) is 17.9 Å². The molecule has 0 spiro atoms. The molecule has 1 aliphatic heterocycles. The van der Waals surface area contributed by atoms with E-state index in [1.807, 2.05) is 12.1 Å². The molecule has 1 aliphatic rings. The fraction of sp³-hybridized carbons (Fsp3) is 0.333. The van der Waals surface area contributed by atoms with Gasteiger partial charge < -0.3 is 15.0 Å². The highest BCUT2D eigenvalue weighted by atomic mass is 16.5. The van der Waals surface area contributed by atoms with E-state index in [2.05, 4.69) is 15.3 Å². The van der Waals surface area contributed by atoms with E-state index < -0.39 is 0 Å². The van der Waals surface area contributed by atoms with E-state index in [4.69, 9.17) is 4.74 Å². The summed E-state index contributed by atoms with van der Waals surface area (Å²) in [6.07, 6.45) is 5.86. The molecule has 7 heteroatoms. The van der Waals surface area contributed by atoms with Gasteiger partial charge in [-0.2, -0.15) is 0 Å². The van der Waals surface area contributed by atoms with Crippen molar-refractivity contribution in [2.45, 2.75) is 18.9 Å². The predicted octanol–water partition coefficient (Wildman–Crippen LogP) is 1.52. The summed E-state index contributed by atoms with van der Waals surface area (Å²) in [5, 5.41) is 2.95. The molecule has 1 saturated heterocycles. The summed E-state index contributed by atoms with van der Waals surface area (Å²) in [5.41, 5.74) is 0.863. The second-order valence-electron chi connectivity index (χ2n) is 5.83. The number of methoxy groups -OCH3 is 1. The summed E-state index contributed by atoms with van der Waals surface area (Å²) in [7, 11) is 1.56. The normalized spacial score (nSPS) is 14.8. The lowest BCUT2D eigenvalue weighted by molar-refractivity contribution is 0.0694. The van der Waals surface area contributed by atoms with Crippen LogP contribution in [0.15, 0.2) is 42.9 Å². The van der Waals surface area contributed by atoms with Crippen LogP contribution in [-0.4, -0.2) is 52.9 Å². The summed E-state index contributed by atoms with van der Waals surface area (Å²) in [6, 6.07) is 7.23. The molecule has 0 radical (unpaired) electrons. The average molecular weight is 340 g/mol. The second kappa shape index (κ2) is 7.74. The van der Waals surface area contributed by atoms with E-state index in [1.54, 1.807) is 24.1 Å². The topological polar surface area (TPSA) is 84.4 Å². The number of nitrogens with zero attached hydrogens (tertiary/aromatic N) is 3. The highest BCUT2D eigenvalue weighted by molar-refractivity contribution is 5.97. The number of ether oxygens (including phenoxy) is 1. The van der Waals surface area contributed by atoms with Gasteiger partial charge in [0.15, 0.2) is 0 Å². The predicted molar refractivity (Wildman–Crippen MR) is 91.4 cm³/mol. The van der Waals surface area contributed by atoms with E-state index in [1.165, 1.54) is 18.6 Å². The van der Waals surface area contributed by atoms with Crippen molar-refractivity contribution in [1.82, 2.24) is 20.2 Å². The van der Waals surface area contributed by atoms with Crippen LogP contribution in [-0.2, 0) is 0 Å².